The fraction of sp³-hybridized carbons (Fsp3) is 1.00. The second-order valence-corrected chi connectivity index (χ2v) is 2.34. The van der Waals surface area contributed by atoms with E-state index in [0.29, 0.717) is 0 Å². The maximum atomic E-state index is 8.97. The highest BCUT2D eigenvalue weighted by atomic mass is 16.3. The molecule has 0 aromatic rings. The molecule has 3 heteroatoms. The number of hydrogen-bond donors (Lipinski definition) is 3. The second kappa shape index (κ2) is 2.44. The Kier molecular flexibility index (Phi) is 2.40. The van der Waals surface area contributed by atoms with Gasteiger partial charge in [-0.2, -0.15) is 0 Å². The first-order valence-corrected chi connectivity index (χ1v) is 2.56. The van der Waals surface area contributed by atoms with Crippen molar-refractivity contribution in [1.29, 1.82) is 0 Å². The van der Waals surface area contributed by atoms with Gasteiger partial charge in [0.15, 0.2) is 0 Å². The van der Waals surface area contributed by atoms with E-state index in [2.05, 4.69) is 5.32 Å². The Hall–Kier alpha value is -0.120. The van der Waals surface area contributed by atoms with Crippen LogP contribution < -0.4 is 5.32 Å². The summed E-state index contributed by atoms with van der Waals surface area (Å²) in [6, 6.07) is 0. The minimum absolute atomic E-state index is 0.845. The zero-order valence-corrected chi connectivity index (χ0v) is 5.47. The van der Waals surface area contributed by atoms with Gasteiger partial charge in [-0.25, -0.2) is 0 Å². The van der Waals surface area contributed by atoms with Crippen LogP contribution in [-0.4, -0.2) is 29.1 Å². The van der Waals surface area contributed by atoms with Crippen LogP contribution in [0.4, 0.5) is 0 Å². The topological polar surface area (TPSA) is 52.5 Å². The van der Waals surface area contributed by atoms with Crippen LogP contribution >= 0.6 is 0 Å². The Morgan fingerprint density at radius 2 is 1.88 bits per heavy atom. The number of rotatable bonds is 2. The van der Waals surface area contributed by atoms with Gasteiger partial charge in [-0.15, -0.1) is 0 Å². The highest BCUT2D eigenvalue weighted by molar-refractivity contribution is 4.71. The Labute approximate surface area is 49.3 Å². The summed E-state index contributed by atoms with van der Waals surface area (Å²) in [7, 11) is 1.59. The highest BCUT2D eigenvalue weighted by Gasteiger charge is 2.21. The summed E-state index contributed by atoms with van der Waals surface area (Å²) in [5, 5.41) is 20.3. The van der Waals surface area contributed by atoms with E-state index >= 15 is 0 Å². The van der Waals surface area contributed by atoms with Crippen LogP contribution in [0.2, 0.25) is 0 Å². The third kappa shape index (κ3) is 2.26. The third-order valence-corrected chi connectivity index (χ3v) is 0.943. The van der Waals surface area contributed by atoms with Crippen molar-refractivity contribution < 1.29 is 10.2 Å². The van der Waals surface area contributed by atoms with Crippen LogP contribution in [0.15, 0.2) is 0 Å². The van der Waals surface area contributed by atoms with Gasteiger partial charge in [0.1, 0.15) is 6.23 Å². The van der Waals surface area contributed by atoms with Crippen molar-refractivity contribution >= 4 is 0 Å². The van der Waals surface area contributed by atoms with Crippen molar-refractivity contribution in [2.45, 2.75) is 25.7 Å². The quantitative estimate of drug-likeness (QED) is 0.421. The summed E-state index contributed by atoms with van der Waals surface area (Å²) in [5.74, 6) is 0. The molecule has 0 aliphatic heterocycles. The van der Waals surface area contributed by atoms with Gasteiger partial charge in [-0.1, -0.05) is 0 Å². The Bertz CT molecular complexity index is 67.3. The molecule has 0 rings (SSSR count). The van der Waals surface area contributed by atoms with Gasteiger partial charge in [-0.3, -0.25) is 5.32 Å². The van der Waals surface area contributed by atoms with Gasteiger partial charge in [0.05, 0.1) is 5.60 Å². The zero-order valence-electron chi connectivity index (χ0n) is 5.47. The Morgan fingerprint density at radius 3 is 1.88 bits per heavy atom. The van der Waals surface area contributed by atoms with E-state index in [0.717, 1.165) is 0 Å². The molecule has 0 saturated heterocycles. The van der Waals surface area contributed by atoms with Crippen molar-refractivity contribution in [2.75, 3.05) is 7.05 Å². The molecule has 0 spiro atoms. The van der Waals surface area contributed by atoms with E-state index in [1.165, 1.54) is 13.8 Å². The van der Waals surface area contributed by atoms with Crippen molar-refractivity contribution in [2.24, 2.45) is 0 Å². The molecule has 0 saturated carbocycles. The van der Waals surface area contributed by atoms with Crippen molar-refractivity contribution in [3.05, 3.63) is 0 Å². The second-order valence-electron chi connectivity index (χ2n) is 2.34. The van der Waals surface area contributed by atoms with Crippen LogP contribution in [0.25, 0.3) is 0 Å². The average Bonchev–Trinajstić information content (AvgIpc) is 1.62. The molecule has 0 radical (unpaired) electrons. The lowest BCUT2D eigenvalue weighted by Crippen LogP contribution is -2.44. The molecule has 0 aromatic carbocycles. The van der Waals surface area contributed by atoms with Gasteiger partial charge in [0.25, 0.3) is 0 Å². The standard InChI is InChI=1S/C5H13NO2/c1-5(2,8)4(7)6-3/h4,6-8H,1-3H3. The Balaban J connectivity index is 3.62. The molecule has 3 N–H and O–H groups in total. The summed E-state index contributed by atoms with van der Waals surface area (Å²) < 4.78 is 0. The summed E-state index contributed by atoms with van der Waals surface area (Å²) in [4.78, 5) is 0. The van der Waals surface area contributed by atoms with E-state index in [-0.39, 0.29) is 0 Å². The van der Waals surface area contributed by atoms with E-state index in [9.17, 15) is 0 Å². The maximum absolute atomic E-state index is 8.97. The first-order chi connectivity index (χ1) is 3.48. The van der Waals surface area contributed by atoms with Crippen molar-refractivity contribution in [1.82, 2.24) is 5.32 Å². The first-order valence-electron chi connectivity index (χ1n) is 2.56. The predicted octanol–water partition coefficient (Wildman–Crippen LogP) is -0.705. The molecule has 1 atom stereocenters. The van der Waals surface area contributed by atoms with E-state index in [1.54, 1.807) is 7.05 Å². The van der Waals surface area contributed by atoms with Crippen LogP contribution in [0.5, 0.6) is 0 Å². The molecular formula is C5H13NO2. The summed E-state index contributed by atoms with van der Waals surface area (Å²) in [6.07, 6.45) is -0.845. The normalized spacial score (nSPS) is 16.1. The van der Waals surface area contributed by atoms with E-state index in [4.69, 9.17) is 10.2 Å². The van der Waals surface area contributed by atoms with E-state index < -0.39 is 11.8 Å². The minimum Gasteiger partial charge on any atom is -0.386 e. The minimum atomic E-state index is -1.05. The molecule has 8 heavy (non-hydrogen) atoms. The third-order valence-electron chi connectivity index (χ3n) is 0.943. The van der Waals surface area contributed by atoms with Gasteiger partial charge in [0, 0.05) is 0 Å². The largest absolute Gasteiger partial charge is 0.386 e. The van der Waals surface area contributed by atoms with Crippen molar-refractivity contribution in [3.8, 4) is 0 Å². The molecular weight excluding hydrogens is 106 g/mol. The van der Waals surface area contributed by atoms with Crippen LogP contribution in [0.3, 0.4) is 0 Å². The van der Waals surface area contributed by atoms with Gasteiger partial charge in [-0.05, 0) is 20.9 Å². The smallest absolute Gasteiger partial charge is 0.133 e. The van der Waals surface area contributed by atoms with Crippen LogP contribution in [0, 0.1) is 0 Å². The lowest BCUT2D eigenvalue weighted by atomic mass is 10.1. The molecule has 3 nitrogen and oxygen atoms in total. The molecule has 0 aliphatic rings. The molecule has 0 aromatic heterocycles. The Morgan fingerprint density at radius 1 is 1.50 bits per heavy atom. The van der Waals surface area contributed by atoms with Gasteiger partial charge < -0.3 is 10.2 Å². The predicted molar refractivity (Wildman–Crippen MR) is 31.4 cm³/mol. The fourth-order valence-corrected chi connectivity index (χ4v) is 0.353. The number of hydrogen-bond acceptors (Lipinski definition) is 3. The number of likely N-dealkylation sites (N-methyl/N-ethyl adjacent to an activating group) is 1. The SMILES string of the molecule is CNC(O)C(C)(C)O. The number of aliphatic hydroxyl groups excluding tert-OH is 1. The molecule has 0 amide bonds. The highest BCUT2D eigenvalue weighted by Crippen LogP contribution is 2.03. The summed E-state index contributed by atoms with van der Waals surface area (Å²) >= 11 is 0. The van der Waals surface area contributed by atoms with Crippen LogP contribution in [-0.2, 0) is 0 Å². The molecule has 0 heterocycles. The lowest BCUT2D eigenvalue weighted by Gasteiger charge is -2.23. The molecule has 0 fully saturated rings. The average molecular weight is 119 g/mol. The van der Waals surface area contributed by atoms with Gasteiger partial charge in [0.2, 0.25) is 0 Å². The van der Waals surface area contributed by atoms with E-state index in [1.807, 2.05) is 0 Å². The lowest BCUT2D eigenvalue weighted by molar-refractivity contribution is -0.0609. The summed E-state index contributed by atoms with van der Waals surface area (Å²) in [6.45, 7) is 3.07. The number of nitrogens with one attached hydrogen (secondary N) is 1. The zero-order chi connectivity index (χ0) is 6.78. The van der Waals surface area contributed by atoms with Gasteiger partial charge >= 0.3 is 0 Å². The fourth-order valence-electron chi connectivity index (χ4n) is 0.353. The molecule has 1 unspecified atom stereocenters. The number of aliphatic hydroxyl groups is 2. The molecule has 50 valence electrons. The van der Waals surface area contributed by atoms with Crippen LogP contribution in [0.1, 0.15) is 13.8 Å². The first kappa shape index (κ1) is 7.88. The summed E-state index contributed by atoms with van der Waals surface area (Å²) in [5.41, 5.74) is -1.05. The van der Waals surface area contributed by atoms with Crippen molar-refractivity contribution in [3.63, 3.8) is 0 Å². The maximum Gasteiger partial charge on any atom is 0.133 e. The monoisotopic (exact) mass is 119 g/mol. The molecule has 0 bridgehead atoms. The molecule has 0 aliphatic carbocycles.